The lowest BCUT2D eigenvalue weighted by Gasteiger charge is -2.13. The third-order valence-corrected chi connectivity index (χ3v) is 6.37. The highest BCUT2D eigenvalue weighted by molar-refractivity contribution is 7.09. The van der Waals surface area contributed by atoms with Crippen molar-refractivity contribution in [1.82, 2.24) is 24.5 Å². The van der Waals surface area contributed by atoms with Crippen LogP contribution >= 0.6 is 22.9 Å². The number of fused-ring (bicyclic) bond motifs is 1. The van der Waals surface area contributed by atoms with Crippen LogP contribution in [0.15, 0.2) is 71.4 Å². The van der Waals surface area contributed by atoms with Gasteiger partial charge in [-0.15, -0.1) is 11.3 Å². The Labute approximate surface area is 198 Å². The molecule has 164 valence electrons. The molecule has 0 atom stereocenters. The molecule has 0 amide bonds. The Bertz CT molecular complexity index is 1480. The van der Waals surface area contributed by atoms with Crippen molar-refractivity contribution >= 4 is 39.9 Å². The second-order valence-electron chi connectivity index (χ2n) is 7.30. The molecule has 5 rings (SSSR count). The van der Waals surface area contributed by atoms with E-state index in [1.165, 1.54) is 0 Å². The molecule has 9 heteroatoms. The average Bonchev–Trinajstić information content (AvgIpc) is 3.37. The van der Waals surface area contributed by atoms with Crippen LogP contribution in [-0.2, 0) is 13.1 Å². The number of hydrogen-bond acceptors (Lipinski definition) is 7. The van der Waals surface area contributed by atoms with Crippen LogP contribution < -0.4 is 10.9 Å². The summed E-state index contributed by atoms with van der Waals surface area (Å²) in [6.07, 6.45) is 6.99. The summed E-state index contributed by atoms with van der Waals surface area (Å²) >= 11 is 8.19. The van der Waals surface area contributed by atoms with Crippen molar-refractivity contribution in [2.45, 2.75) is 20.0 Å². The third kappa shape index (κ3) is 4.22. The molecule has 4 aromatic heterocycles. The van der Waals surface area contributed by atoms with Gasteiger partial charge in [-0.3, -0.25) is 14.3 Å². The maximum absolute atomic E-state index is 13.4. The van der Waals surface area contributed by atoms with E-state index in [2.05, 4.69) is 25.3 Å². The highest BCUT2D eigenvalue weighted by Gasteiger charge is 2.15. The normalized spacial score (nSPS) is 11.1. The molecule has 0 aliphatic rings. The molecule has 0 aliphatic carbocycles. The lowest BCUT2D eigenvalue weighted by molar-refractivity contribution is 0.750. The molecule has 7 nitrogen and oxygen atoms in total. The first-order valence-corrected chi connectivity index (χ1v) is 11.6. The van der Waals surface area contributed by atoms with E-state index in [0.717, 1.165) is 21.5 Å². The van der Waals surface area contributed by atoms with Crippen molar-refractivity contribution in [3.05, 3.63) is 86.9 Å². The number of thiazole rings is 1. The minimum absolute atomic E-state index is 0.148. The van der Waals surface area contributed by atoms with Gasteiger partial charge in [0, 0.05) is 63.8 Å². The number of rotatable bonds is 6. The van der Waals surface area contributed by atoms with Crippen LogP contribution in [0.5, 0.6) is 0 Å². The SMILES string of the molecule is CCn1c(=O)c(-c2ccc(-c3cccnc3)cc2Cl)cc2cnc(NCc3nccs3)nc21. The van der Waals surface area contributed by atoms with E-state index >= 15 is 0 Å². The molecule has 0 radical (unpaired) electrons. The van der Waals surface area contributed by atoms with Crippen LogP contribution in [0.25, 0.3) is 33.3 Å². The van der Waals surface area contributed by atoms with Gasteiger partial charge in [-0.2, -0.15) is 4.98 Å². The summed E-state index contributed by atoms with van der Waals surface area (Å²) in [5.41, 5.74) is 3.51. The van der Waals surface area contributed by atoms with Gasteiger partial charge in [-0.25, -0.2) is 9.97 Å². The Balaban J connectivity index is 1.54. The van der Waals surface area contributed by atoms with E-state index in [-0.39, 0.29) is 5.56 Å². The van der Waals surface area contributed by atoms with Crippen LogP contribution in [0.3, 0.4) is 0 Å². The zero-order valence-electron chi connectivity index (χ0n) is 17.7. The van der Waals surface area contributed by atoms with Gasteiger partial charge in [0.2, 0.25) is 5.95 Å². The fourth-order valence-corrected chi connectivity index (χ4v) is 4.51. The quantitative estimate of drug-likeness (QED) is 0.361. The molecular weight excluding hydrogens is 456 g/mol. The summed E-state index contributed by atoms with van der Waals surface area (Å²) in [5.74, 6) is 0.450. The second kappa shape index (κ2) is 9.09. The molecule has 0 fully saturated rings. The molecule has 0 spiro atoms. The number of anilines is 1. The molecular formula is C24H19ClN6OS. The first-order chi connectivity index (χ1) is 16.1. The van der Waals surface area contributed by atoms with Gasteiger partial charge in [-0.1, -0.05) is 29.8 Å². The zero-order chi connectivity index (χ0) is 22.8. The number of pyridine rings is 2. The number of aryl methyl sites for hydroxylation is 1. The maximum atomic E-state index is 13.4. The van der Waals surface area contributed by atoms with Gasteiger partial charge in [0.1, 0.15) is 10.7 Å². The largest absolute Gasteiger partial charge is 0.348 e. The minimum atomic E-state index is -0.148. The number of nitrogens with one attached hydrogen (secondary N) is 1. The van der Waals surface area contributed by atoms with E-state index in [4.69, 9.17) is 11.6 Å². The lowest BCUT2D eigenvalue weighted by atomic mass is 10.0. The first kappa shape index (κ1) is 21.2. The Hall–Kier alpha value is -3.62. The molecule has 0 saturated carbocycles. The van der Waals surface area contributed by atoms with Gasteiger partial charge >= 0.3 is 0 Å². The third-order valence-electron chi connectivity index (χ3n) is 5.28. The van der Waals surface area contributed by atoms with E-state index in [1.807, 2.05) is 42.6 Å². The molecule has 0 unspecified atom stereocenters. The number of benzene rings is 1. The van der Waals surface area contributed by atoms with Crippen LogP contribution in [0.2, 0.25) is 5.02 Å². The van der Waals surface area contributed by atoms with Crippen molar-refractivity contribution in [3.63, 3.8) is 0 Å². The lowest BCUT2D eigenvalue weighted by Crippen LogP contribution is -2.22. The smallest absolute Gasteiger partial charge is 0.260 e. The molecule has 0 bridgehead atoms. The topological polar surface area (TPSA) is 85.6 Å². The predicted molar refractivity (Wildman–Crippen MR) is 133 cm³/mol. The summed E-state index contributed by atoms with van der Waals surface area (Å²) in [6.45, 7) is 2.91. The maximum Gasteiger partial charge on any atom is 0.260 e. The summed E-state index contributed by atoms with van der Waals surface area (Å²) < 4.78 is 1.65. The zero-order valence-corrected chi connectivity index (χ0v) is 19.3. The van der Waals surface area contributed by atoms with E-state index in [1.54, 1.807) is 46.8 Å². The van der Waals surface area contributed by atoms with Crippen molar-refractivity contribution in [2.75, 3.05) is 5.32 Å². The van der Waals surface area contributed by atoms with Gasteiger partial charge in [-0.05, 0) is 30.7 Å². The number of nitrogens with zero attached hydrogens (tertiary/aromatic N) is 5. The van der Waals surface area contributed by atoms with Crippen LogP contribution in [0.4, 0.5) is 5.95 Å². The van der Waals surface area contributed by atoms with Gasteiger partial charge in [0.05, 0.1) is 6.54 Å². The average molecular weight is 475 g/mol. The molecule has 1 N–H and O–H groups in total. The molecule has 1 aromatic carbocycles. The molecule has 0 saturated heterocycles. The predicted octanol–water partition coefficient (Wildman–Crippen LogP) is 5.26. The number of hydrogen-bond donors (Lipinski definition) is 1. The van der Waals surface area contributed by atoms with E-state index in [9.17, 15) is 4.79 Å². The monoisotopic (exact) mass is 474 g/mol. The fraction of sp³-hybridized carbons (Fsp3) is 0.125. The highest BCUT2D eigenvalue weighted by Crippen LogP contribution is 2.31. The van der Waals surface area contributed by atoms with Gasteiger partial charge < -0.3 is 5.32 Å². The van der Waals surface area contributed by atoms with Gasteiger partial charge in [0.15, 0.2) is 0 Å². The molecule has 4 heterocycles. The van der Waals surface area contributed by atoms with Crippen LogP contribution in [0.1, 0.15) is 11.9 Å². The van der Waals surface area contributed by atoms with E-state index < -0.39 is 0 Å². The number of halogens is 1. The Morgan fingerprint density at radius 2 is 1.97 bits per heavy atom. The van der Waals surface area contributed by atoms with Gasteiger partial charge in [0.25, 0.3) is 5.56 Å². The Kier molecular flexibility index (Phi) is 5.85. The van der Waals surface area contributed by atoms with Crippen LogP contribution in [-0.4, -0.2) is 24.5 Å². The van der Waals surface area contributed by atoms with Crippen molar-refractivity contribution in [2.24, 2.45) is 0 Å². The highest BCUT2D eigenvalue weighted by atomic mass is 35.5. The fourth-order valence-electron chi connectivity index (χ4n) is 3.67. The molecule has 33 heavy (non-hydrogen) atoms. The van der Waals surface area contributed by atoms with Crippen LogP contribution in [0, 0.1) is 0 Å². The Morgan fingerprint density at radius 1 is 1.06 bits per heavy atom. The minimum Gasteiger partial charge on any atom is -0.348 e. The number of aromatic nitrogens is 5. The first-order valence-electron chi connectivity index (χ1n) is 10.4. The summed E-state index contributed by atoms with van der Waals surface area (Å²) in [6, 6.07) is 11.3. The molecule has 5 aromatic rings. The van der Waals surface area contributed by atoms with Crippen molar-refractivity contribution in [1.29, 1.82) is 0 Å². The standard InChI is InChI=1S/C24H19ClN6OS/c1-2-31-22-17(13-28-24(30-22)29-14-21-27-8-9-33-21)10-19(23(31)32)18-6-5-15(11-20(18)25)16-4-3-7-26-12-16/h3-13H,2,14H2,1H3,(H,28,29,30). The summed E-state index contributed by atoms with van der Waals surface area (Å²) in [5, 5.41) is 7.29. The summed E-state index contributed by atoms with van der Waals surface area (Å²) in [4.78, 5) is 30.8. The molecule has 0 aliphatic heterocycles. The van der Waals surface area contributed by atoms with E-state index in [0.29, 0.717) is 40.8 Å². The summed E-state index contributed by atoms with van der Waals surface area (Å²) in [7, 11) is 0. The van der Waals surface area contributed by atoms with Crippen molar-refractivity contribution < 1.29 is 0 Å². The van der Waals surface area contributed by atoms with Crippen molar-refractivity contribution in [3.8, 4) is 22.3 Å². The second-order valence-corrected chi connectivity index (χ2v) is 8.68. The Morgan fingerprint density at radius 3 is 2.70 bits per heavy atom.